The zero-order valence-corrected chi connectivity index (χ0v) is 8.75. The molecule has 1 aromatic carbocycles. The van der Waals surface area contributed by atoms with Gasteiger partial charge in [-0.3, -0.25) is 0 Å². The van der Waals surface area contributed by atoms with Gasteiger partial charge < -0.3 is 9.47 Å². The summed E-state index contributed by atoms with van der Waals surface area (Å²) in [6, 6.07) is 6.21. The lowest BCUT2D eigenvalue weighted by atomic mass is 10.0. The van der Waals surface area contributed by atoms with Crippen LogP contribution in [0.2, 0.25) is 0 Å². The lowest BCUT2D eigenvalue weighted by Crippen LogP contribution is -1.97. The van der Waals surface area contributed by atoms with Gasteiger partial charge in [-0.25, -0.2) is 0 Å². The first kappa shape index (κ1) is 9.38. The number of hydrogen-bond acceptors (Lipinski definition) is 2. The minimum absolute atomic E-state index is 0.534. The summed E-state index contributed by atoms with van der Waals surface area (Å²) in [6.45, 7) is 5.88. The summed E-state index contributed by atoms with van der Waals surface area (Å²) in [5, 5.41) is 0. The molecule has 0 saturated heterocycles. The van der Waals surface area contributed by atoms with Gasteiger partial charge in [-0.15, -0.1) is 0 Å². The van der Waals surface area contributed by atoms with Crippen molar-refractivity contribution in [2.75, 3.05) is 13.2 Å². The van der Waals surface area contributed by atoms with Crippen molar-refractivity contribution in [2.45, 2.75) is 26.2 Å². The van der Waals surface area contributed by atoms with Gasteiger partial charge in [-0.05, 0) is 23.6 Å². The number of benzene rings is 1. The zero-order valence-electron chi connectivity index (χ0n) is 8.75. The summed E-state index contributed by atoms with van der Waals surface area (Å²) >= 11 is 0. The molecule has 0 saturated carbocycles. The fourth-order valence-electron chi connectivity index (χ4n) is 1.54. The van der Waals surface area contributed by atoms with E-state index in [4.69, 9.17) is 9.47 Å². The molecule has 1 aliphatic heterocycles. The maximum absolute atomic E-state index is 5.61. The number of hydrogen-bond donors (Lipinski definition) is 0. The molecule has 2 nitrogen and oxygen atoms in total. The summed E-state index contributed by atoms with van der Waals surface area (Å²) in [4.78, 5) is 0. The van der Waals surface area contributed by atoms with Crippen LogP contribution in [0.4, 0.5) is 0 Å². The number of rotatable bonds is 1. The molecule has 2 rings (SSSR count). The Morgan fingerprint density at radius 2 is 1.79 bits per heavy atom. The van der Waals surface area contributed by atoms with E-state index in [9.17, 15) is 0 Å². The molecule has 0 amide bonds. The first-order valence-electron chi connectivity index (χ1n) is 5.17. The Morgan fingerprint density at radius 1 is 1.07 bits per heavy atom. The molecule has 0 spiro atoms. The molecule has 1 heterocycles. The van der Waals surface area contributed by atoms with Crippen molar-refractivity contribution in [3.8, 4) is 11.5 Å². The van der Waals surface area contributed by atoms with Gasteiger partial charge in [0.2, 0.25) is 0 Å². The maximum atomic E-state index is 5.61. The molecule has 1 aliphatic rings. The third-order valence-electron chi connectivity index (χ3n) is 2.44. The van der Waals surface area contributed by atoms with Crippen LogP contribution in [0, 0.1) is 0 Å². The molecule has 2 heteroatoms. The molecule has 0 bridgehead atoms. The molecule has 0 aliphatic carbocycles. The molecular weight excluding hydrogens is 176 g/mol. The van der Waals surface area contributed by atoms with Crippen molar-refractivity contribution in [2.24, 2.45) is 0 Å². The molecule has 1 aromatic rings. The van der Waals surface area contributed by atoms with Crippen molar-refractivity contribution >= 4 is 0 Å². The van der Waals surface area contributed by atoms with Crippen LogP contribution < -0.4 is 9.47 Å². The van der Waals surface area contributed by atoms with Gasteiger partial charge in [-0.1, -0.05) is 19.9 Å². The minimum Gasteiger partial charge on any atom is -0.490 e. The molecular formula is C12H16O2. The number of fused-ring (bicyclic) bond motifs is 1. The predicted molar refractivity (Wildman–Crippen MR) is 56.1 cm³/mol. The van der Waals surface area contributed by atoms with E-state index in [1.165, 1.54) is 5.56 Å². The van der Waals surface area contributed by atoms with E-state index in [-0.39, 0.29) is 0 Å². The van der Waals surface area contributed by atoms with Crippen molar-refractivity contribution < 1.29 is 9.47 Å². The molecule has 0 unspecified atom stereocenters. The summed E-state index contributed by atoms with van der Waals surface area (Å²) < 4.78 is 11.2. The fraction of sp³-hybridized carbons (Fsp3) is 0.500. The van der Waals surface area contributed by atoms with Gasteiger partial charge in [0, 0.05) is 6.42 Å². The third-order valence-corrected chi connectivity index (χ3v) is 2.44. The van der Waals surface area contributed by atoms with Crippen LogP contribution in [0.3, 0.4) is 0 Å². The normalized spacial score (nSPS) is 15.4. The van der Waals surface area contributed by atoms with E-state index >= 15 is 0 Å². The van der Waals surface area contributed by atoms with E-state index in [0.717, 1.165) is 31.1 Å². The molecule has 0 N–H and O–H groups in total. The average Bonchev–Trinajstić information content (AvgIpc) is 2.41. The zero-order chi connectivity index (χ0) is 9.97. The van der Waals surface area contributed by atoms with Crippen LogP contribution in [0.25, 0.3) is 0 Å². The van der Waals surface area contributed by atoms with Gasteiger partial charge in [0.1, 0.15) is 0 Å². The smallest absolute Gasteiger partial charge is 0.161 e. The second kappa shape index (κ2) is 3.91. The first-order chi connectivity index (χ1) is 6.77. The Kier molecular flexibility index (Phi) is 2.62. The van der Waals surface area contributed by atoms with Crippen molar-refractivity contribution in [3.05, 3.63) is 23.8 Å². The van der Waals surface area contributed by atoms with Crippen molar-refractivity contribution in [1.29, 1.82) is 0 Å². The molecule has 0 aromatic heterocycles. The Labute approximate surface area is 84.8 Å². The monoisotopic (exact) mass is 192 g/mol. The van der Waals surface area contributed by atoms with E-state index in [2.05, 4.69) is 26.0 Å². The van der Waals surface area contributed by atoms with Crippen LogP contribution in [0.15, 0.2) is 18.2 Å². The quantitative estimate of drug-likeness (QED) is 0.681. The molecule has 0 radical (unpaired) electrons. The summed E-state index contributed by atoms with van der Waals surface area (Å²) in [6.07, 6.45) is 0.964. The van der Waals surface area contributed by atoms with Gasteiger partial charge in [0.25, 0.3) is 0 Å². The fourth-order valence-corrected chi connectivity index (χ4v) is 1.54. The topological polar surface area (TPSA) is 18.5 Å². The summed E-state index contributed by atoms with van der Waals surface area (Å²) in [5.74, 6) is 2.31. The van der Waals surface area contributed by atoms with Crippen molar-refractivity contribution in [1.82, 2.24) is 0 Å². The average molecular weight is 192 g/mol. The highest BCUT2D eigenvalue weighted by Crippen LogP contribution is 2.32. The van der Waals surface area contributed by atoms with E-state index < -0.39 is 0 Å². The van der Waals surface area contributed by atoms with Crippen LogP contribution in [0.1, 0.15) is 31.7 Å². The van der Waals surface area contributed by atoms with Crippen LogP contribution >= 0.6 is 0 Å². The second-order valence-electron chi connectivity index (χ2n) is 3.91. The van der Waals surface area contributed by atoms with Crippen LogP contribution in [0.5, 0.6) is 11.5 Å². The second-order valence-corrected chi connectivity index (χ2v) is 3.91. The lowest BCUT2D eigenvalue weighted by Gasteiger charge is -2.10. The highest BCUT2D eigenvalue weighted by atomic mass is 16.5. The standard InChI is InChI=1S/C12H16O2/c1-9(2)10-4-5-11-12(8-10)14-7-3-6-13-11/h4-5,8-9H,3,6-7H2,1-2H3. The van der Waals surface area contributed by atoms with Gasteiger partial charge in [0.15, 0.2) is 11.5 Å². The number of ether oxygens (including phenoxy) is 2. The van der Waals surface area contributed by atoms with Gasteiger partial charge in [0.05, 0.1) is 13.2 Å². The highest BCUT2D eigenvalue weighted by molar-refractivity contribution is 5.44. The van der Waals surface area contributed by atoms with Crippen LogP contribution in [-0.4, -0.2) is 13.2 Å². The van der Waals surface area contributed by atoms with Crippen LogP contribution in [-0.2, 0) is 0 Å². The molecule has 76 valence electrons. The Balaban J connectivity index is 2.32. The largest absolute Gasteiger partial charge is 0.490 e. The summed E-state index contributed by atoms with van der Waals surface area (Å²) in [5.41, 5.74) is 1.30. The van der Waals surface area contributed by atoms with Gasteiger partial charge >= 0.3 is 0 Å². The Hall–Kier alpha value is -1.18. The highest BCUT2D eigenvalue weighted by Gasteiger charge is 2.11. The summed E-state index contributed by atoms with van der Waals surface area (Å²) in [7, 11) is 0. The third kappa shape index (κ3) is 1.84. The van der Waals surface area contributed by atoms with E-state index in [1.54, 1.807) is 0 Å². The minimum atomic E-state index is 0.534. The lowest BCUT2D eigenvalue weighted by molar-refractivity contribution is 0.297. The van der Waals surface area contributed by atoms with Gasteiger partial charge in [-0.2, -0.15) is 0 Å². The molecule has 0 fully saturated rings. The SMILES string of the molecule is CC(C)c1ccc2c(c1)OCCCO2. The first-order valence-corrected chi connectivity index (χ1v) is 5.17. The van der Waals surface area contributed by atoms with E-state index in [1.807, 2.05) is 6.07 Å². The van der Waals surface area contributed by atoms with E-state index in [0.29, 0.717) is 5.92 Å². The Morgan fingerprint density at radius 3 is 2.50 bits per heavy atom. The predicted octanol–water partition coefficient (Wildman–Crippen LogP) is 2.97. The molecule has 14 heavy (non-hydrogen) atoms. The maximum Gasteiger partial charge on any atom is 0.161 e. The van der Waals surface area contributed by atoms with Crippen molar-refractivity contribution in [3.63, 3.8) is 0 Å². The Bertz CT molecular complexity index is 318. The molecule has 0 atom stereocenters.